The molecular weight excluding hydrogens is 290 g/mol. The summed E-state index contributed by atoms with van der Waals surface area (Å²) in [6.07, 6.45) is 2.25. The van der Waals surface area contributed by atoms with Gasteiger partial charge in [-0.3, -0.25) is 0 Å². The lowest BCUT2D eigenvalue weighted by Gasteiger charge is -2.23. The van der Waals surface area contributed by atoms with Gasteiger partial charge in [0.15, 0.2) is 0 Å². The van der Waals surface area contributed by atoms with Crippen LogP contribution in [0.5, 0.6) is 0 Å². The second-order valence-corrected chi connectivity index (χ2v) is 6.06. The molecule has 2 atom stereocenters. The molecule has 0 aliphatic carbocycles. The summed E-state index contributed by atoms with van der Waals surface area (Å²) in [6.45, 7) is 7.23. The van der Waals surface area contributed by atoms with Gasteiger partial charge in [0.1, 0.15) is 0 Å². The Morgan fingerprint density at radius 1 is 1.22 bits per heavy atom. The largest absolute Gasteiger partial charge is 0.372 e. The number of nitrogens with two attached hydrogens (primary N) is 1. The van der Waals surface area contributed by atoms with Crippen molar-refractivity contribution in [2.45, 2.75) is 45.8 Å². The van der Waals surface area contributed by atoms with Crippen molar-refractivity contribution >= 4 is 15.9 Å². The highest BCUT2D eigenvalue weighted by Crippen LogP contribution is 2.28. The van der Waals surface area contributed by atoms with Crippen LogP contribution in [0.3, 0.4) is 0 Å². The first-order valence-electron chi connectivity index (χ1n) is 6.64. The van der Waals surface area contributed by atoms with Crippen LogP contribution >= 0.6 is 15.9 Å². The van der Waals surface area contributed by atoms with E-state index in [1.54, 1.807) is 0 Å². The lowest BCUT2D eigenvalue weighted by atomic mass is 10.0. The molecule has 1 aromatic carbocycles. The average molecular weight is 314 g/mol. The van der Waals surface area contributed by atoms with E-state index in [2.05, 4.69) is 35.8 Å². The molecule has 1 aromatic rings. The summed E-state index contributed by atoms with van der Waals surface area (Å²) in [5, 5.41) is 0. The predicted molar refractivity (Wildman–Crippen MR) is 80.6 cm³/mol. The standard InChI is InChI=1S/C15H24BrNO/c1-11(2)7-6-10-18-15(12(3)17)13-8-4-5-9-14(13)16/h4-5,8-9,11-12,15H,6-7,10,17H2,1-3H3. The first-order valence-corrected chi connectivity index (χ1v) is 7.43. The number of halogens is 1. The summed E-state index contributed by atoms with van der Waals surface area (Å²) < 4.78 is 7.03. The lowest BCUT2D eigenvalue weighted by Crippen LogP contribution is -2.27. The van der Waals surface area contributed by atoms with Gasteiger partial charge in [0.2, 0.25) is 0 Å². The Morgan fingerprint density at radius 3 is 2.44 bits per heavy atom. The number of benzene rings is 1. The Morgan fingerprint density at radius 2 is 1.89 bits per heavy atom. The summed E-state index contributed by atoms with van der Waals surface area (Å²) in [4.78, 5) is 0. The molecule has 18 heavy (non-hydrogen) atoms. The number of rotatable bonds is 7. The Bertz CT molecular complexity index is 352. The third-order valence-corrected chi connectivity index (χ3v) is 3.63. The van der Waals surface area contributed by atoms with Crippen molar-refractivity contribution in [1.82, 2.24) is 0 Å². The molecule has 1 rings (SSSR count). The molecule has 0 saturated heterocycles. The van der Waals surface area contributed by atoms with Crippen molar-refractivity contribution in [3.05, 3.63) is 34.3 Å². The molecule has 0 spiro atoms. The molecule has 2 nitrogen and oxygen atoms in total. The zero-order valence-electron chi connectivity index (χ0n) is 11.5. The quantitative estimate of drug-likeness (QED) is 0.762. The van der Waals surface area contributed by atoms with Crippen LogP contribution in [0, 0.1) is 5.92 Å². The maximum atomic E-state index is 6.03. The minimum absolute atomic E-state index is 0.0113. The molecule has 0 saturated carbocycles. The van der Waals surface area contributed by atoms with Gasteiger partial charge in [-0.15, -0.1) is 0 Å². The first-order chi connectivity index (χ1) is 8.52. The van der Waals surface area contributed by atoms with Gasteiger partial charge < -0.3 is 10.5 Å². The third kappa shape index (κ3) is 5.09. The van der Waals surface area contributed by atoms with E-state index in [9.17, 15) is 0 Å². The normalized spacial score (nSPS) is 14.8. The van der Waals surface area contributed by atoms with Crippen LogP contribution in [0.4, 0.5) is 0 Å². The van der Waals surface area contributed by atoms with Crippen LogP contribution < -0.4 is 5.73 Å². The Hall–Kier alpha value is -0.380. The van der Waals surface area contributed by atoms with Gasteiger partial charge >= 0.3 is 0 Å². The van der Waals surface area contributed by atoms with E-state index in [-0.39, 0.29) is 12.1 Å². The Kier molecular flexibility index (Phi) is 6.90. The van der Waals surface area contributed by atoms with Gasteiger partial charge in [-0.25, -0.2) is 0 Å². The van der Waals surface area contributed by atoms with Crippen molar-refractivity contribution < 1.29 is 4.74 Å². The van der Waals surface area contributed by atoms with E-state index in [4.69, 9.17) is 10.5 Å². The fourth-order valence-corrected chi connectivity index (χ4v) is 2.44. The molecule has 0 amide bonds. The van der Waals surface area contributed by atoms with E-state index < -0.39 is 0 Å². The highest BCUT2D eigenvalue weighted by Gasteiger charge is 2.18. The van der Waals surface area contributed by atoms with Gasteiger partial charge in [-0.1, -0.05) is 48.0 Å². The van der Waals surface area contributed by atoms with Crippen molar-refractivity contribution in [2.75, 3.05) is 6.61 Å². The zero-order valence-corrected chi connectivity index (χ0v) is 13.1. The SMILES string of the molecule is CC(C)CCCOC(c1ccccc1Br)C(C)N. The van der Waals surface area contributed by atoms with Crippen LogP contribution in [0.25, 0.3) is 0 Å². The third-order valence-electron chi connectivity index (χ3n) is 2.91. The lowest BCUT2D eigenvalue weighted by molar-refractivity contribution is 0.0344. The van der Waals surface area contributed by atoms with Crippen molar-refractivity contribution in [3.63, 3.8) is 0 Å². The van der Waals surface area contributed by atoms with E-state index in [0.29, 0.717) is 0 Å². The molecule has 2 N–H and O–H groups in total. The fourth-order valence-electron chi connectivity index (χ4n) is 1.93. The monoisotopic (exact) mass is 313 g/mol. The minimum atomic E-state index is -0.0345. The molecular formula is C15H24BrNO. The first kappa shape index (κ1) is 15.7. The summed E-state index contributed by atoms with van der Waals surface area (Å²) >= 11 is 3.56. The van der Waals surface area contributed by atoms with Crippen LogP contribution in [0.2, 0.25) is 0 Å². The van der Waals surface area contributed by atoms with Gasteiger partial charge in [0.25, 0.3) is 0 Å². The molecule has 0 heterocycles. The zero-order chi connectivity index (χ0) is 13.5. The Labute approximate surface area is 119 Å². The summed E-state index contributed by atoms with van der Waals surface area (Å²) in [6, 6.07) is 8.11. The molecule has 0 aromatic heterocycles. The number of hydrogen-bond donors (Lipinski definition) is 1. The molecule has 2 unspecified atom stereocenters. The van der Waals surface area contributed by atoms with Crippen molar-refractivity contribution in [1.29, 1.82) is 0 Å². The summed E-state index contributed by atoms with van der Waals surface area (Å²) in [7, 11) is 0. The minimum Gasteiger partial charge on any atom is -0.372 e. The number of ether oxygens (including phenoxy) is 1. The molecule has 0 aliphatic rings. The van der Waals surface area contributed by atoms with Crippen LogP contribution in [0.15, 0.2) is 28.7 Å². The fraction of sp³-hybridized carbons (Fsp3) is 0.600. The molecule has 3 heteroatoms. The maximum Gasteiger partial charge on any atom is 0.0983 e. The van der Waals surface area contributed by atoms with Crippen LogP contribution in [0.1, 0.15) is 45.3 Å². The average Bonchev–Trinajstić information content (AvgIpc) is 2.30. The second kappa shape index (κ2) is 7.93. The highest BCUT2D eigenvalue weighted by molar-refractivity contribution is 9.10. The van der Waals surface area contributed by atoms with Gasteiger partial charge in [0.05, 0.1) is 6.10 Å². The van der Waals surface area contributed by atoms with E-state index in [1.807, 2.05) is 25.1 Å². The van der Waals surface area contributed by atoms with E-state index >= 15 is 0 Å². The number of hydrogen-bond acceptors (Lipinski definition) is 2. The molecule has 0 aliphatic heterocycles. The van der Waals surface area contributed by atoms with Crippen molar-refractivity contribution in [2.24, 2.45) is 11.7 Å². The predicted octanol–water partition coefficient (Wildman–Crippen LogP) is 4.29. The summed E-state index contributed by atoms with van der Waals surface area (Å²) in [5.74, 6) is 0.728. The maximum absolute atomic E-state index is 6.03. The molecule has 0 bridgehead atoms. The molecule has 0 radical (unpaired) electrons. The highest BCUT2D eigenvalue weighted by atomic mass is 79.9. The second-order valence-electron chi connectivity index (χ2n) is 5.21. The smallest absolute Gasteiger partial charge is 0.0983 e. The molecule has 0 fully saturated rings. The summed E-state index contributed by atoms with van der Waals surface area (Å²) in [5.41, 5.74) is 7.17. The Balaban J connectivity index is 2.58. The van der Waals surface area contributed by atoms with Crippen LogP contribution in [-0.4, -0.2) is 12.6 Å². The van der Waals surface area contributed by atoms with Gasteiger partial charge in [-0.2, -0.15) is 0 Å². The molecule has 102 valence electrons. The van der Waals surface area contributed by atoms with E-state index in [0.717, 1.165) is 29.0 Å². The topological polar surface area (TPSA) is 35.2 Å². The van der Waals surface area contributed by atoms with Gasteiger partial charge in [0, 0.05) is 17.1 Å². The van der Waals surface area contributed by atoms with E-state index in [1.165, 1.54) is 6.42 Å². The van der Waals surface area contributed by atoms with Crippen molar-refractivity contribution in [3.8, 4) is 0 Å². The van der Waals surface area contributed by atoms with Gasteiger partial charge in [-0.05, 0) is 37.3 Å². The van der Waals surface area contributed by atoms with Crippen LogP contribution in [-0.2, 0) is 4.74 Å².